The summed E-state index contributed by atoms with van der Waals surface area (Å²) in [6.45, 7) is 1.99. The summed E-state index contributed by atoms with van der Waals surface area (Å²) in [5, 5.41) is 0.687. The van der Waals surface area contributed by atoms with E-state index in [1.165, 1.54) is 36.4 Å². The first-order valence-electron chi connectivity index (χ1n) is 17.6. The minimum atomic E-state index is -3.96. The lowest BCUT2D eigenvalue weighted by Crippen LogP contribution is -2.59. The van der Waals surface area contributed by atoms with Crippen LogP contribution in [0, 0.1) is 17.8 Å². The standard InChI is InChI=1S/C38H46ClN3O5S/c39-31-12-8-27(9-13-31)28-10-14-33(15-11-28)47-34-20-21-42(36(22-34)38(43)41-23-29-6-7-30(24-41)37(29)40)48(44,45)35-18-16-32(17-19-35)46-25-26-4-2-1-3-5-26/h8-19,26,29-30,34,36-37H,1-7,20-25,40H2/t29?,30?,34-,36-,37?/m0/s1. The van der Waals surface area contributed by atoms with Gasteiger partial charge < -0.3 is 20.1 Å². The Morgan fingerprint density at radius 1 is 0.792 bits per heavy atom. The molecule has 48 heavy (non-hydrogen) atoms. The van der Waals surface area contributed by atoms with Crippen molar-refractivity contribution in [3.63, 3.8) is 0 Å². The first-order valence-corrected chi connectivity index (χ1v) is 19.4. The minimum Gasteiger partial charge on any atom is -0.493 e. The predicted molar refractivity (Wildman–Crippen MR) is 187 cm³/mol. The van der Waals surface area contributed by atoms with Crippen LogP contribution in [0.5, 0.6) is 11.5 Å². The first-order chi connectivity index (χ1) is 23.2. The summed E-state index contributed by atoms with van der Waals surface area (Å²) in [7, 11) is -3.96. The molecule has 2 saturated heterocycles. The van der Waals surface area contributed by atoms with Gasteiger partial charge in [-0.2, -0.15) is 4.31 Å². The van der Waals surface area contributed by atoms with Crippen molar-refractivity contribution >= 4 is 27.5 Å². The minimum absolute atomic E-state index is 0.103. The smallest absolute Gasteiger partial charge is 0.243 e. The Labute approximate surface area is 289 Å². The molecule has 4 aliphatic rings. The summed E-state index contributed by atoms with van der Waals surface area (Å²) in [5.41, 5.74) is 8.54. The highest BCUT2D eigenvalue weighted by atomic mass is 35.5. The summed E-state index contributed by atoms with van der Waals surface area (Å²) in [4.78, 5) is 16.3. The number of nitrogens with zero attached hydrogens (tertiary/aromatic N) is 2. The summed E-state index contributed by atoms with van der Waals surface area (Å²) >= 11 is 6.06. The molecule has 2 saturated carbocycles. The van der Waals surface area contributed by atoms with Crippen LogP contribution in [0.25, 0.3) is 11.1 Å². The van der Waals surface area contributed by atoms with E-state index in [1.54, 1.807) is 24.3 Å². The van der Waals surface area contributed by atoms with Gasteiger partial charge in [0.05, 0.1) is 11.5 Å². The number of nitrogens with two attached hydrogens (primary N) is 1. The van der Waals surface area contributed by atoms with Crippen LogP contribution in [0.15, 0.2) is 77.7 Å². The number of halogens is 1. The Balaban J connectivity index is 1.07. The van der Waals surface area contributed by atoms with Crippen molar-refractivity contribution in [1.29, 1.82) is 0 Å². The van der Waals surface area contributed by atoms with Gasteiger partial charge in [-0.3, -0.25) is 4.79 Å². The number of hydrogen-bond acceptors (Lipinski definition) is 6. The van der Waals surface area contributed by atoms with Crippen LogP contribution in [0.3, 0.4) is 0 Å². The van der Waals surface area contributed by atoms with Gasteiger partial charge in [-0.1, -0.05) is 55.1 Å². The van der Waals surface area contributed by atoms with Crippen molar-refractivity contribution in [2.45, 2.75) is 80.9 Å². The van der Waals surface area contributed by atoms with E-state index in [0.29, 0.717) is 48.6 Å². The quantitative estimate of drug-likeness (QED) is 0.266. The maximum absolute atomic E-state index is 14.3. The Morgan fingerprint density at radius 2 is 1.40 bits per heavy atom. The summed E-state index contributed by atoms with van der Waals surface area (Å²) in [6.07, 6.45) is 8.60. The van der Waals surface area contributed by atoms with Crippen LogP contribution in [-0.4, -0.2) is 68.0 Å². The van der Waals surface area contributed by atoms with Gasteiger partial charge in [-0.05, 0) is 110 Å². The van der Waals surface area contributed by atoms with Gasteiger partial charge in [-0.25, -0.2) is 8.42 Å². The molecule has 7 rings (SSSR count). The summed E-state index contributed by atoms with van der Waals surface area (Å²) in [5.74, 6) is 2.27. The van der Waals surface area contributed by atoms with Crippen LogP contribution in [-0.2, 0) is 14.8 Å². The van der Waals surface area contributed by atoms with Gasteiger partial charge in [0.15, 0.2) is 0 Å². The number of sulfonamides is 1. The highest BCUT2D eigenvalue weighted by molar-refractivity contribution is 7.89. The van der Waals surface area contributed by atoms with E-state index in [9.17, 15) is 13.2 Å². The molecule has 2 aliphatic heterocycles. The zero-order valence-electron chi connectivity index (χ0n) is 27.4. The van der Waals surface area contributed by atoms with E-state index in [0.717, 1.165) is 24.0 Å². The normalized spacial score (nSPS) is 26.7. The van der Waals surface area contributed by atoms with Crippen molar-refractivity contribution in [2.75, 3.05) is 26.2 Å². The fourth-order valence-electron chi connectivity index (χ4n) is 8.16. The van der Waals surface area contributed by atoms with Crippen molar-refractivity contribution in [3.8, 4) is 22.6 Å². The summed E-state index contributed by atoms with van der Waals surface area (Å²) < 4.78 is 42.3. The molecule has 1 amide bonds. The lowest BCUT2D eigenvalue weighted by Gasteiger charge is -2.42. The van der Waals surface area contributed by atoms with Crippen LogP contribution in [0.2, 0.25) is 5.02 Å². The molecule has 2 N–H and O–H groups in total. The van der Waals surface area contributed by atoms with E-state index in [4.69, 9.17) is 26.8 Å². The lowest BCUT2D eigenvalue weighted by atomic mass is 9.90. The van der Waals surface area contributed by atoms with Gasteiger partial charge in [0.25, 0.3) is 0 Å². The third-order valence-electron chi connectivity index (χ3n) is 11.0. The molecular weight excluding hydrogens is 646 g/mol. The monoisotopic (exact) mass is 691 g/mol. The number of benzene rings is 3. The van der Waals surface area contributed by atoms with E-state index >= 15 is 0 Å². The molecule has 256 valence electrons. The second-order valence-electron chi connectivity index (χ2n) is 14.1. The third-order valence-corrected chi connectivity index (χ3v) is 13.2. The molecule has 2 heterocycles. The maximum atomic E-state index is 14.3. The molecule has 0 radical (unpaired) electrons. The van der Waals surface area contributed by atoms with Crippen LogP contribution >= 0.6 is 11.6 Å². The predicted octanol–water partition coefficient (Wildman–Crippen LogP) is 6.76. The topological polar surface area (TPSA) is 102 Å². The number of carbonyl (C=O) groups excluding carboxylic acids is 1. The SMILES string of the molecule is NC1C2CCC1CN(C(=O)[C@@H]1C[C@@H](Oc3ccc(-c4ccc(Cl)cc4)cc3)CCN1S(=O)(=O)c1ccc(OCC3CCCCC3)cc1)C2. The van der Waals surface area contributed by atoms with Gasteiger partial charge in [0.1, 0.15) is 23.6 Å². The molecule has 4 atom stereocenters. The average molecular weight is 692 g/mol. The van der Waals surface area contributed by atoms with E-state index in [1.807, 2.05) is 53.4 Å². The highest BCUT2D eigenvalue weighted by Gasteiger charge is 2.47. The number of likely N-dealkylation sites (tertiary alicyclic amines) is 1. The number of fused-ring (bicyclic) bond motifs is 2. The van der Waals surface area contributed by atoms with Crippen LogP contribution in [0.1, 0.15) is 57.8 Å². The Bertz CT molecular complexity index is 1650. The second-order valence-corrected chi connectivity index (χ2v) is 16.5. The molecule has 0 spiro atoms. The Hall–Kier alpha value is -3.11. The maximum Gasteiger partial charge on any atom is 0.243 e. The molecule has 8 nitrogen and oxygen atoms in total. The van der Waals surface area contributed by atoms with Gasteiger partial charge in [0, 0.05) is 37.1 Å². The van der Waals surface area contributed by atoms with Crippen molar-refractivity contribution in [1.82, 2.24) is 9.21 Å². The van der Waals surface area contributed by atoms with Gasteiger partial charge in [-0.15, -0.1) is 0 Å². The second kappa shape index (κ2) is 14.4. The van der Waals surface area contributed by atoms with Crippen molar-refractivity contribution in [3.05, 3.63) is 77.8 Å². The highest BCUT2D eigenvalue weighted by Crippen LogP contribution is 2.38. The van der Waals surface area contributed by atoms with Gasteiger partial charge >= 0.3 is 0 Å². The number of hydrogen-bond donors (Lipinski definition) is 1. The lowest BCUT2D eigenvalue weighted by molar-refractivity contribution is -0.139. The van der Waals surface area contributed by atoms with Crippen molar-refractivity contribution in [2.24, 2.45) is 23.5 Å². The molecule has 3 aromatic rings. The fourth-order valence-corrected chi connectivity index (χ4v) is 9.89. The van der Waals surface area contributed by atoms with Gasteiger partial charge in [0.2, 0.25) is 15.9 Å². The number of rotatable bonds is 9. The molecule has 2 aliphatic carbocycles. The Morgan fingerprint density at radius 3 is 2.04 bits per heavy atom. The van der Waals surface area contributed by atoms with Crippen LogP contribution in [0.4, 0.5) is 0 Å². The molecule has 2 bridgehead atoms. The molecule has 10 heteroatoms. The van der Waals surface area contributed by atoms with Crippen LogP contribution < -0.4 is 15.2 Å². The van der Waals surface area contributed by atoms with Crippen molar-refractivity contribution < 1.29 is 22.7 Å². The Kier molecular flexibility index (Phi) is 10.0. The summed E-state index contributed by atoms with van der Waals surface area (Å²) in [6, 6.07) is 21.4. The molecule has 2 unspecified atom stereocenters. The van der Waals surface area contributed by atoms with E-state index in [-0.39, 0.29) is 47.7 Å². The number of amides is 1. The largest absolute Gasteiger partial charge is 0.493 e. The number of ether oxygens (including phenoxy) is 2. The number of piperidine rings is 2. The number of carbonyl (C=O) groups is 1. The molecule has 4 fully saturated rings. The first kappa shape index (κ1) is 33.4. The third kappa shape index (κ3) is 7.25. The molecule has 0 aromatic heterocycles. The zero-order valence-corrected chi connectivity index (χ0v) is 29.0. The molecule has 3 aromatic carbocycles. The average Bonchev–Trinajstić information content (AvgIpc) is 3.30. The molecular formula is C38H46ClN3O5S. The zero-order chi connectivity index (χ0) is 33.3. The van der Waals surface area contributed by atoms with E-state index in [2.05, 4.69) is 0 Å². The van der Waals surface area contributed by atoms with E-state index < -0.39 is 16.1 Å². The fraction of sp³-hybridized carbons (Fsp3) is 0.500.